The number of carboxylic acid groups (broad SMARTS) is 1. The molecule has 0 bridgehead atoms. The first-order chi connectivity index (χ1) is 19.7. The highest BCUT2D eigenvalue weighted by atomic mass is 19.1. The van der Waals surface area contributed by atoms with Gasteiger partial charge in [-0.2, -0.15) is 0 Å². The van der Waals surface area contributed by atoms with Crippen molar-refractivity contribution < 1.29 is 28.9 Å². The van der Waals surface area contributed by atoms with Crippen molar-refractivity contribution in [2.45, 2.75) is 72.8 Å². The Morgan fingerprint density at radius 2 is 1.71 bits per heavy atom. The highest BCUT2D eigenvalue weighted by Gasteiger charge is 2.30. The molecule has 1 fully saturated rings. The second kappa shape index (κ2) is 14.0. The van der Waals surface area contributed by atoms with Crippen molar-refractivity contribution in [1.82, 2.24) is 9.97 Å². The molecule has 0 spiro atoms. The minimum absolute atomic E-state index is 0.108. The number of aryl methyl sites for hydroxylation is 1. The lowest BCUT2D eigenvalue weighted by molar-refractivity contribution is -0.136. The van der Waals surface area contributed by atoms with Crippen LogP contribution in [-0.4, -0.2) is 58.6 Å². The smallest absolute Gasteiger partial charge is 0.307 e. The SMILES string of the molecule is CC(C)(C)O.COc1nc(-c2cnc(C)c(CC(=O)O)c2N2CCC(C)(C)CC2)ccc1OCCc1ccc(F)cc1. The van der Waals surface area contributed by atoms with E-state index in [-0.39, 0.29) is 17.7 Å². The number of piperidine rings is 1. The van der Waals surface area contributed by atoms with E-state index in [4.69, 9.17) is 19.6 Å². The largest absolute Gasteiger partial charge is 0.488 e. The molecule has 3 heterocycles. The summed E-state index contributed by atoms with van der Waals surface area (Å²) in [7, 11) is 1.54. The van der Waals surface area contributed by atoms with Crippen molar-refractivity contribution in [3.05, 3.63) is 65.2 Å². The summed E-state index contributed by atoms with van der Waals surface area (Å²) in [5.41, 5.74) is 4.43. The first kappa shape index (κ1) is 32.8. The molecule has 0 unspecified atom stereocenters. The van der Waals surface area contributed by atoms with Gasteiger partial charge in [0.05, 0.1) is 37.1 Å². The minimum Gasteiger partial charge on any atom is -0.488 e. The normalized spacial score (nSPS) is 14.5. The molecule has 0 amide bonds. The van der Waals surface area contributed by atoms with Crippen LogP contribution in [0.3, 0.4) is 0 Å². The number of carboxylic acids is 1. The molecule has 8 nitrogen and oxygen atoms in total. The fraction of sp³-hybridized carbons (Fsp3) is 0.485. The summed E-state index contributed by atoms with van der Waals surface area (Å²) >= 11 is 0. The number of hydrogen-bond acceptors (Lipinski definition) is 7. The number of ether oxygens (including phenoxy) is 2. The van der Waals surface area contributed by atoms with E-state index in [2.05, 4.69) is 23.7 Å². The van der Waals surface area contributed by atoms with Crippen molar-refractivity contribution in [2.75, 3.05) is 31.7 Å². The van der Waals surface area contributed by atoms with Crippen LogP contribution in [0.2, 0.25) is 0 Å². The summed E-state index contributed by atoms with van der Waals surface area (Å²) in [5, 5.41) is 18.2. The van der Waals surface area contributed by atoms with E-state index in [1.807, 2.05) is 19.1 Å². The van der Waals surface area contributed by atoms with Crippen LogP contribution in [0.25, 0.3) is 11.3 Å². The van der Waals surface area contributed by atoms with Crippen LogP contribution < -0.4 is 14.4 Å². The Hall–Kier alpha value is -3.72. The summed E-state index contributed by atoms with van der Waals surface area (Å²) in [6, 6.07) is 10.00. The Balaban J connectivity index is 0.000000892. The van der Waals surface area contributed by atoms with Gasteiger partial charge in [0.25, 0.3) is 5.88 Å². The lowest BCUT2D eigenvalue weighted by Gasteiger charge is -2.40. The molecule has 0 saturated carbocycles. The lowest BCUT2D eigenvalue weighted by Crippen LogP contribution is -2.38. The average Bonchev–Trinajstić information content (AvgIpc) is 2.90. The number of aliphatic carboxylic acids is 1. The van der Waals surface area contributed by atoms with E-state index in [1.54, 1.807) is 39.1 Å². The maximum atomic E-state index is 13.1. The standard InChI is InChI=1S/C29H34FN3O4.C4H10O/c1-19-22(17-26(34)35)27(33-14-12-29(2,3)13-15-33)23(18-31-19)24-9-10-25(28(32-24)36-4)37-16-11-20-5-7-21(30)8-6-20;1-4(2,3)5/h5-10,18H,11-17H2,1-4H3,(H,34,35);5H,1-3H3. The number of halogens is 1. The molecule has 42 heavy (non-hydrogen) atoms. The number of nitrogens with zero attached hydrogens (tertiary/aromatic N) is 3. The summed E-state index contributed by atoms with van der Waals surface area (Å²) in [6.45, 7) is 13.7. The third kappa shape index (κ3) is 9.69. The maximum Gasteiger partial charge on any atom is 0.307 e. The second-order valence-electron chi connectivity index (χ2n) is 12.4. The molecule has 9 heteroatoms. The highest BCUT2D eigenvalue weighted by Crippen LogP contribution is 2.40. The van der Waals surface area contributed by atoms with Crippen molar-refractivity contribution in [3.63, 3.8) is 0 Å². The van der Waals surface area contributed by atoms with Crippen LogP contribution in [0.5, 0.6) is 11.6 Å². The van der Waals surface area contributed by atoms with Crippen LogP contribution in [0, 0.1) is 18.2 Å². The molecule has 0 radical (unpaired) electrons. The average molecular weight is 582 g/mol. The highest BCUT2D eigenvalue weighted by molar-refractivity contribution is 5.83. The Labute approximate surface area is 248 Å². The molecule has 1 aromatic carbocycles. The molecule has 4 rings (SSSR count). The third-order valence-corrected chi connectivity index (χ3v) is 6.98. The predicted molar refractivity (Wildman–Crippen MR) is 163 cm³/mol. The summed E-state index contributed by atoms with van der Waals surface area (Å²) in [4.78, 5) is 23.3. The lowest BCUT2D eigenvalue weighted by atomic mass is 9.82. The number of aliphatic hydroxyl groups is 1. The molecule has 1 aliphatic heterocycles. The Morgan fingerprint density at radius 3 is 2.29 bits per heavy atom. The van der Waals surface area contributed by atoms with Crippen LogP contribution in [0.15, 0.2) is 42.6 Å². The van der Waals surface area contributed by atoms with Gasteiger partial charge >= 0.3 is 5.97 Å². The number of anilines is 1. The fourth-order valence-corrected chi connectivity index (χ4v) is 4.65. The summed E-state index contributed by atoms with van der Waals surface area (Å²) < 4.78 is 24.6. The quantitative estimate of drug-likeness (QED) is 0.306. The van der Waals surface area contributed by atoms with Crippen molar-refractivity contribution in [1.29, 1.82) is 0 Å². The first-order valence-electron chi connectivity index (χ1n) is 14.3. The second-order valence-corrected chi connectivity index (χ2v) is 12.4. The van der Waals surface area contributed by atoms with Gasteiger partial charge in [0, 0.05) is 42.5 Å². The number of pyridine rings is 2. The molecule has 1 saturated heterocycles. The van der Waals surface area contributed by atoms with E-state index < -0.39 is 11.6 Å². The molecular formula is C33H44FN3O5. The van der Waals surface area contributed by atoms with Gasteiger partial charge in [-0.1, -0.05) is 26.0 Å². The molecule has 0 atom stereocenters. The molecule has 0 aliphatic carbocycles. The van der Waals surface area contributed by atoms with Gasteiger partial charge in [-0.15, -0.1) is 0 Å². The zero-order valence-corrected chi connectivity index (χ0v) is 25.8. The fourth-order valence-electron chi connectivity index (χ4n) is 4.65. The number of aromatic nitrogens is 2. The van der Waals surface area contributed by atoms with Gasteiger partial charge in [0.2, 0.25) is 0 Å². The van der Waals surface area contributed by atoms with Gasteiger partial charge in [-0.05, 0) is 75.8 Å². The zero-order chi connectivity index (χ0) is 31.1. The maximum absolute atomic E-state index is 13.1. The monoisotopic (exact) mass is 581 g/mol. The number of methoxy groups -OCH3 is 1. The number of carbonyl (C=O) groups is 1. The number of hydrogen-bond donors (Lipinski definition) is 2. The van der Waals surface area contributed by atoms with Gasteiger partial charge in [-0.3, -0.25) is 9.78 Å². The van der Waals surface area contributed by atoms with E-state index >= 15 is 0 Å². The van der Waals surface area contributed by atoms with E-state index in [1.165, 1.54) is 19.2 Å². The van der Waals surface area contributed by atoms with E-state index in [0.717, 1.165) is 42.7 Å². The minimum atomic E-state index is -0.893. The number of benzene rings is 1. The van der Waals surface area contributed by atoms with E-state index in [0.29, 0.717) is 41.6 Å². The van der Waals surface area contributed by atoms with Gasteiger partial charge in [-0.25, -0.2) is 9.37 Å². The third-order valence-electron chi connectivity index (χ3n) is 6.98. The zero-order valence-electron chi connectivity index (χ0n) is 25.8. The predicted octanol–water partition coefficient (Wildman–Crippen LogP) is 6.25. The van der Waals surface area contributed by atoms with E-state index in [9.17, 15) is 14.3 Å². The summed E-state index contributed by atoms with van der Waals surface area (Å²) in [6.07, 6.45) is 4.30. The van der Waals surface area contributed by atoms with Gasteiger partial charge in [0.1, 0.15) is 5.82 Å². The summed E-state index contributed by atoms with van der Waals surface area (Å²) in [5.74, 6) is -0.324. The molecule has 1 aliphatic rings. The molecule has 2 aromatic heterocycles. The van der Waals surface area contributed by atoms with Crippen molar-refractivity contribution >= 4 is 11.7 Å². The first-order valence-corrected chi connectivity index (χ1v) is 14.3. The Morgan fingerprint density at radius 1 is 1.10 bits per heavy atom. The topological polar surface area (TPSA) is 105 Å². The number of rotatable bonds is 9. The van der Waals surface area contributed by atoms with Crippen LogP contribution in [0.1, 0.15) is 64.3 Å². The van der Waals surface area contributed by atoms with Crippen LogP contribution in [0.4, 0.5) is 10.1 Å². The van der Waals surface area contributed by atoms with Crippen LogP contribution in [-0.2, 0) is 17.6 Å². The van der Waals surface area contributed by atoms with Gasteiger partial charge < -0.3 is 24.6 Å². The molecule has 3 aromatic rings. The molecular weight excluding hydrogens is 537 g/mol. The molecule has 2 N–H and O–H groups in total. The van der Waals surface area contributed by atoms with Crippen LogP contribution >= 0.6 is 0 Å². The van der Waals surface area contributed by atoms with Gasteiger partial charge in [0.15, 0.2) is 5.75 Å². The van der Waals surface area contributed by atoms with Crippen molar-refractivity contribution in [3.8, 4) is 22.9 Å². The molecule has 228 valence electrons. The Kier molecular flexibility index (Phi) is 10.9. The Bertz CT molecular complexity index is 1340. The van der Waals surface area contributed by atoms with Crippen molar-refractivity contribution in [2.24, 2.45) is 5.41 Å².